The van der Waals surface area contributed by atoms with E-state index >= 15 is 0 Å². The second-order valence-corrected chi connectivity index (χ2v) is 5.54. The molecule has 0 saturated carbocycles. The molecule has 80 valence electrons. The molecule has 0 saturated heterocycles. The van der Waals surface area contributed by atoms with Crippen molar-refractivity contribution in [2.45, 2.75) is 36.8 Å². The summed E-state index contributed by atoms with van der Waals surface area (Å²) in [6.45, 7) is 6.29. The van der Waals surface area contributed by atoms with Gasteiger partial charge in [0.2, 0.25) is 5.91 Å². The molecule has 1 aliphatic heterocycles. The zero-order chi connectivity index (χ0) is 11.0. The molecule has 15 heavy (non-hydrogen) atoms. The van der Waals surface area contributed by atoms with E-state index in [1.807, 2.05) is 13.0 Å². The SMILES string of the molecule is CC1Sc2cc(C(C)C)ccc2NC1=O. The van der Waals surface area contributed by atoms with E-state index < -0.39 is 0 Å². The zero-order valence-electron chi connectivity index (χ0n) is 9.20. The number of anilines is 1. The molecular formula is C12H15NOS. The molecule has 0 radical (unpaired) electrons. The maximum atomic E-state index is 11.4. The van der Waals surface area contributed by atoms with Gasteiger partial charge in [-0.1, -0.05) is 19.9 Å². The number of hydrogen-bond donors (Lipinski definition) is 1. The van der Waals surface area contributed by atoms with E-state index in [4.69, 9.17) is 0 Å². The second-order valence-electron chi connectivity index (χ2n) is 4.16. The number of carbonyl (C=O) groups is 1. The first-order valence-corrected chi connectivity index (χ1v) is 6.07. The third-order valence-electron chi connectivity index (χ3n) is 2.60. The van der Waals surface area contributed by atoms with E-state index in [9.17, 15) is 4.79 Å². The molecule has 0 aromatic heterocycles. The summed E-state index contributed by atoms with van der Waals surface area (Å²) in [5.41, 5.74) is 2.28. The lowest BCUT2D eigenvalue weighted by Gasteiger charge is -2.22. The van der Waals surface area contributed by atoms with E-state index in [0.717, 1.165) is 5.69 Å². The Kier molecular flexibility index (Phi) is 2.74. The number of thioether (sulfide) groups is 1. The molecule has 0 bridgehead atoms. The summed E-state index contributed by atoms with van der Waals surface area (Å²) in [5.74, 6) is 0.633. The van der Waals surface area contributed by atoms with Crippen molar-refractivity contribution in [1.29, 1.82) is 0 Å². The Hall–Kier alpha value is -0.960. The highest BCUT2D eigenvalue weighted by molar-refractivity contribution is 8.00. The van der Waals surface area contributed by atoms with Crippen molar-refractivity contribution in [3.05, 3.63) is 23.8 Å². The largest absolute Gasteiger partial charge is 0.324 e. The van der Waals surface area contributed by atoms with Crippen LogP contribution >= 0.6 is 11.8 Å². The first-order chi connectivity index (χ1) is 7.08. The van der Waals surface area contributed by atoms with Crippen molar-refractivity contribution in [2.75, 3.05) is 5.32 Å². The quantitative estimate of drug-likeness (QED) is 0.788. The molecule has 1 aliphatic rings. The molecule has 1 N–H and O–H groups in total. The third-order valence-corrected chi connectivity index (χ3v) is 3.76. The minimum atomic E-state index is 0.0138. The second kappa shape index (κ2) is 3.89. The smallest absolute Gasteiger partial charge is 0.237 e. The van der Waals surface area contributed by atoms with Crippen molar-refractivity contribution >= 4 is 23.4 Å². The van der Waals surface area contributed by atoms with Gasteiger partial charge in [-0.05, 0) is 30.5 Å². The predicted molar refractivity (Wildman–Crippen MR) is 64.5 cm³/mol. The Balaban J connectivity index is 2.37. The summed E-state index contributed by atoms with van der Waals surface area (Å²) in [4.78, 5) is 12.6. The molecule has 0 fully saturated rings. The first-order valence-electron chi connectivity index (χ1n) is 5.19. The van der Waals surface area contributed by atoms with Gasteiger partial charge in [-0.25, -0.2) is 0 Å². The van der Waals surface area contributed by atoms with Crippen LogP contribution < -0.4 is 5.32 Å². The fourth-order valence-corrected chi connectivity index (χ4v) is 2.57. The molecule has 2 nitrogen and oxygen atoms in total. The van der Waals surface area contributed by atoms with Crippen LogP contribution in [-0.4, -0.2) is 11.2 Å². The average Bonchev–Trinajstić information content (AvgIpc) is 2.19. The van der Waals surface area contributed by atoms with Gasteiger partial charge in [-0.2, -0.15) is 0 Å². The first kappa shape index (κ1) is 10.6. The molecule has 1 unspecified atom stereocenters. The Morgan fingerprint density at radius 1 is 1.40 bits per heavy atom. The molecule has 3 heteroatoms. The summed E-state index contributed by atoms with van der Waals surface area (Å²) in [5, 5.41) is 2.93. The van der Waals surface area contributed by atoms with Crippen LogP contribution in [0.3, 0.4) is 0 Å². The summed E-state index contributed by atoms with van der Waals surface area (Å²) >= 11 is 1.64. The van der Waals surface area contributed by atoms with Gasteiger partial charge in [0.1, 0.15) is 0 Å². The fourth-order valence-electron chi connectivity index (χ4n) is 1.58. The van der Waals surface area contributed by atoms with Gasteiger partial charge in [-0.3, -0.25) is 4.79 Å². The number of benzene rings is 1. The Bertz CT molecular complexity index is 401. The van der Waals surface area contributed by atoms with Crippen LogP contribution in [0.2, 0.25) is 0 Å². The van der Waals surface area contributed by atoms with E-state index in [1.54, 1.807) is 11.8 Å². The Morgan fingerprint density at radius 2 is 2.13 bits per heavy atom. The van der Waals surface area contributed by atoms with E-state index in [1.165, 1.54) is 10.5 Å². The molecule has 1 aromatic carbocycles. The van der Waals surface area contributed by atoms with Crippen LogP contribution in [0.4, 0.5) is 5.69 Å². The summed E-state index contributed by atoms with van der Waals surface area (Å²) in [6.07, 6.45) is 0. The van der Waals surface area contributed by atoms with E-state index in [-0.39, 0.29) is 11.2 Å². The number of amides is 1. The maximum absolute atomic E-state index is 11.4. The van der Waals surface area contributed by atoms with Crippen LogP contribution in [0.25, 0.3) is 0 Å². The van der Waals surface area contributed by atoms with Gasteiger partial charge >= 0.3 is 0 Å². The summed E-state index contributed by atoms with van der Waals surface area (Å²) in [7, 11) is 0. The monoisotopic (exact) mass is 221 g/mol. The van der Waals surface area contributed by atoms with E-state index in [0.29, 0.717) is 5.92 Å². The van der Waals surface area contributed by atoms with Gasteiger partial charge < -0.3 is 5.32 Å². The highest BCUT2D eigenvalue weighted by Gasteiger charge is 2.23. The van der Waals surface area contributed by atoms with Crippen molar-refractivity contribution in [3.63, 3.8) is 0 Å². The van der Waals surface area contributed by atoms with Crippen LogP contribution in [0.5, 0.6) is 0 Å². The molecule has 0 aliphatic carbocycles. The summed E-state index contributed by atoms with van der Waals surface area (Å²) < 4.78 is 0. The van der Waals surface area contributed by atoms with Crippen LogP contribution in [0.15, 0.2) is 23.1 Å². The average molecular weight is 221 g/mol. The Labute approximate surface area is 94.4 Å². The minimum Gasteiger partial charge on any atom is -0.324 e. The zero-order valence-corrected chi connectivity index (χ0v) is 10.0. The van der Waals surface area contributed by atoms with Crippen LogP contribution in [-0.2, 0) is 4.79 Å². The van der Waals surface area contributed by atoms with Gasteiger partial charge in [-0.15, -0.1) is 11.8 Å². The lowest BCUT2D eigenvalue weighted by atomic mass is 10.0. The standard InChI is InChI=1S/C12H15NOS/c1-7(2)9-4-5-10-11(6-9)15-8(3)12(14)13-10/h4-8H,1-3H3,(H,13,14). The van der Waals surface area contributed by atoms with Gasteiger partial charge in [0.25, 0.3) is 0 Å². The van der Waals surface area contributed by atoms with Crippen molar-refractivity contribution in [2.24, 2.45) is 0 Å². The number of fused-ring (bicyclic) bond motifs is 1. The number of nitrogens with one attached hydrogen (secondary N) is 1. The van der Waals surface area contributed by atoms with Crippen LogP contribution in [0, 0.1) is 0 Å². The highest BCUT2D eigenvalue weighted by Crippen LogP contribution is 2.37. The van der Waals surface area contributed by atoms with Crippen molar-refractivity contribution in [3.8, 4) is 0 Å². The molecule has 0 spiro atoms. The van der Waals surface area contributed by atoms with E-state index in [2.05, 4.69) is 31.3 Å². The van der Waals surface area contributed by atoms with Crippen molar-refractivity contribution in [1.82, 2.24) is 0 Å². The maximum Gasteiger partial charge on any atom is 0.237 e. The highest BCUT2D eigenvalue weighted by atomic mass is 32.2. The van der Waals surface area contributed by atoms with Gasteiger partial charge in [0.15, 0.2) is 0 Å². The van der Waals surface area contributed by atoms with Crippen molar-refractivity contribution < 1.29 is 4.79 Å². The predicted octanol–water partition coefficient (Wildman–Crippen LogP) is 3.24. The molecule has 2 rings (SSSR count). The lowest BCUT2D eigenvalue weighted by Crippen LogP contribution is -2.26. The Morgan fingerprint density at radius 3 is 2.80 bits per heavy atom. The van der Waals surface area contributed by atoms with Crippen LogP contribution in [0.1, 0.15) is 32.3 Å². The number of rotatable bonds is 1. The minimum absolute atomic E-state index is 0.0138. The molecule has 1 aromatic rings. The topological polar surface area (TPSA) is 29.1 Å². The fraction of sp³-hybridized carbons (Fsp3) is 0.417. The third kappa shape index (κ3) is 2.02. The van der Waals surface area contributed by atoms with Gasteiger partial charge in [0.05, 0.1) is 10.9 Å². The van der Waals surface area contributed by atoms with Gasteiger partial charge in [0, 0.05) is 4.90 Å². The number of hydrogen-bond acceptors (Lipinski definition) is 2. The summed E-state index contributed by atoms with van der Waals surface area (Å²) in [6, 6.07) is 6.27. The lowest BCUT2D eigenvalue weighted by molar-refractivity contribution is -0.115. The number of carbonyl (C=O) groups excluding carboxylic acids is 1. The molecule has 1 heterocycles. The normalized spacial score (nSPS) is 20.0. The molecular weight excluding hydrogens is 206 g/mol. The molecule has 1 amide bonds. The molecule has 1 atom stereocenters.